The monoisotopic (exact) mass is 1090 g/mol. The van der Waals surface area contributed by atoms with Crippen molar-refractivity contribution in [3.05, 3.63) is 83.4 Å². The second kappa shape index (κ2) is 29.3. The van der Waals surface area contributed by atoms with Crippen molar-refractivity contribution in [3.8, 4) is 23.8 Å². The molecule has 2 saturated heterocycles. The van der Waals surface area contributed by atoms with Gasteiger partial charge in [0.15, 0.2) is 0 Å². The lowest BCUT2D eigenvalue weighted by Gasteiger charge is -2.38. The molecule has 0 spiro atoms. The molecule has 0 radical (unpaired) electrons. The first kappa shape index (κ1) is 59.0. The molecule has 25 nitrogen and oxygen atoms in total. The van der Waals surface area contributed by atoms with Gasteiger partial charge in [0.2, 0.25) is 29.7 Å². The second-order valence-electron chi connectivity index (χ2n) is 19.1. The number of carbonyl (C=O) groups is 3. The van der Waals surface area contributed by atoms with Gasteiger partial charge in [-0.25, -0.2) is 9.36 Å². The number of piperazine rings is 2. The SMILES string of the molecule is C#CCOCCOCCOCCNc1nc(N2CCN(C(=O)[C@H](CCC(=O)O)n3cc(C(N)Cc4ccc(O)cc4)nn3)CC2)nc(N2CCN(C(=O)[C@H](Cc3ccc(O)cc3)n3cc(C(N)CC(C)C)nn3)CC2)n1.[Cl-]. The van der Waals surface area contributed by atoms with Crippen molar-refractivity contribution in [1.82, 2.24) is 54.7 Å². The number of hydrogen-bond acceptors (Lipinski definition) is 20. The van der Waals surface area contributed by atoms with E-state index >= 15 is 0 Å². The number of hydrogen-bond donors (Lipinski definition) is 6. The van der Waals surface area contributed by atoms with Crippen LogP contribution < -0.4 is 39.0 Å². The van der Waals surface area contributed by atoms with Crippen LogP contribution in [0.15, 0.2) is 60.9 Å². The summed E-state index contributed by atoms with van der Waals surface area (Å²) in [6.45, 7) is 9.43. The molecule has 2 aliphatic rings. The molecule has 2 fully saturated rings. The third-order valence-electron chi connectivity index (χ3n) is 13.0. The fraction of sp³-hybridized carbons (Fsp3) is 0.529. The summed E-state index contributed by atoms with van der Waals surface area (Å²) in [4.78, 5) is 62.5. The molecule has 5 heterocycles. The predicted molar refractivity (Wildman–Crippen MR) is 279 cm³/mol. The largest absolute Gasteiger partial charge is 1.00 e. The number of ether oxygens (including phenoxy) is 3. The van der Waals surface area contributed by atoms with Gasteiger partial charge in [-0.1, -0.05) is 54.5 Å². The highest BCUT2D eigenvalue weighted by Crippen LogP contribution is 2.26. The molecule has 2 aliphatic heterocycles. The number of rotatable bonds is 28. The molecule has 2 aromatic carbocycles. The number of halogens is 1. The minimum Gasteiger partial charge on any atom is -1.00 e. The third kappa shape index (κ3) is 17.4. The van der Waals surface area contributed by atoms with Crippen molar-refractivity contribution in [3.63, 3.8) is 0 Å². The molecular weight excluding hydrogens is 1020 g/mol. The molecule has 0 aliphatic carbocycles. The van der Waals surface area contributed by atoms with E-state index in [0.29, 0.717) is 133 Å². The fourth-order valence-electron chi connectivity index (χ4n) is 8.82. The molecule has 8 N–H and O–H groups in total. The van der Waals surface area contributed by atoms with Crippen LogP contribution in [0.1, 0.15) is 79.8 Å². The Hall–Kier alpha value is -7.21. The van der Waals surface area contributed by atoms with Gasteiger partial charge < -0.3 is 78.3 Å². The van der Waals surface area contributed by atoms with Crippen LogP contribution in [0.4, 0.5) is 17.8 Å². The van der Waals surface area contributed by atoms with E-state index in [2.05, 4.69) is 45.7 Å². The number of phenolic OH excluding ortho intramolecular Hbond substituents is 2. The number of carboxylic acid groups (broad SMARTS) is 1. The van der Waals surface area contributed by atoms with Crippen LogP contribution in [0.5, 0.6) is 11.5 Å². The number of carbonyl (C=O) groups excluding carboxylic acids is 2. The number of aromatic hydroxyl groups is 2. The second-order valence-corrected chi connectivity index (χ2v) is 19.1. The standard InChI is InChI=1S/C51H70N16O9.ClH/c1-4-24-74-26-28-76-29-27-75-25-15-54-49-55-50(64-20-16-62(17-21-64)47(72)44(13-14-46(70)71)66-33-43(59-60-66)41(53)31-36-5-9-38(68)10-6-36)57-51(56-49)65-22-18-63(19-23-65)48(73)45(32-37-7-11-39(69)12-8-37)67-34-42(58-61-67)40(52)30-35(2)3;/h1,5-12,33-35,40-41,44-45,68-69H,13-32,52-53H2,2-3H3,(H,70,71)(H,54,55,56,57);1H/p-1/t40?,41?,44-,45-;/m0./s1. The topological polar surface area (TPSA) is 317 Å². The minimum atomic E-state index is -1.05. The number of nitrogens with one attached hydrogen (secondary N) is 1. The van der Waals surface area contributed by atoms with Gasteiger partial charge in [0.25, 0.3) is 0 Å². The zero-order valence-electron chi connectivity index (χ0n) is 43.5. The van der Waals surface area contributed by atoms with Crippen molar-refractivity contribution in [1.29, 1.82) is 0 Å². The summed E-state index contributed by atoms with van der Waals surface area (Å²) in [5, 5.41) is 49.8. The smallest absolute Gasteiger partial charge is 0.303 e. The van der Waals surface area contributed by atoms with Gasteiger partial charge >= 0.3 is 5.97 Å². The van der Waals surface area contributed by atoms with Gasteiger partial charge in [0.1, 0.15) is 30.2 Å². The number of amides is 2. The number of anilines is 3. The molecule has 0 saturated carbocycles. The molecular formula is C51H70ClN16O9-. The van der Waals surface area contributed by atoms with E-state index < -0.39 is 24.1 Å². The van der Waals surface area contributed by atoms with Gasteiger partial charge in [-0.05, 0) is 60.6 Å². The van der Waals surface area contributed by atoms with Crippen LogP contribution in [0.3, 0.4) is 0 Å². The lowest BCUT2D eigenvalue weighted by Crippen LogP contribution is -3.00. The number of aromatic nitrogens is 9. The third-order valence-corrected chi connectivity index (χ3v) is 13.0. The van der Waals surface area contributed by atoms with Crippen LogP contribution in [-0.2, 0) is 41.4 Å². The van der Waals surface area contributed by atoms with Crippen molar-refractivity contribution >= 4 is 35.6 Å². The first-order valence-corrected chi connectivity index (χ1v) is 25.6. The molecule has 2 unspecified atom stereocenters. The molecule has 3 aromatic heterocycles. The zero-order valence-corrected chi connectivity index (χ0v) is 44.3. The van der Waals surface area contributed by atoms with Gasteiger partial charge in [-0.15, -0.1) is 16.6 Å². The maximum absolute atomic E-state index is 14.5. The molecule has 7 rings (SSSR count). The maximum atomic E-state index is 14.5. The maximum Gasteiger partial charge on any atom is 0.303 e. The number of nitrogens with two attached hydrogens (primary N) is 2. The Labute approximate surface area is 453 Å². The molecule has 77 heavy (non-hydrogen) atoms. The van der Waals surface area contributed by atoms with Crippen molar-refractivity contribution < 1.29 is 56.3 Å². The lowest BCUT2D eigenvalue weighted by atomic mass is 10.0. The summed E-state index contributed by atoms with van der Waals surface area (Å²) in [6, 6.07) is 10.9. The van der Waals surface area contributed by atoms with Crippen LogP contribution in [0.2, 0.25) is 0 Å². The number of benzene rings is 2. The Balaban J connectivity index is 0.00000961. The number of aliphatic carboxylic acids is 1. The summed E-state index contributed by atoms with van der Waals surface area (Å²) < 4.78 is 19.5. The molecule has 4 atom stereocenters. The highest BCUT2D eigenvalue weighted by atomic mass is 35.5. The Morgan fingerprint density at radius 3 is 1.68 bits per heavy atom. The minimum absolute atomic E-state index is 0. The van der Waals surface area contributed by atoms with E-state index in [1.54, 1.807) is 75.4 Å². The quantitative estimate of drug-likeness (QED) is 0.0252. The number of terminal acetylenes is 1. The summed E-state index contributed by atoms with van der Waals surface area (Å²) in [5.74, 6) is 2.63. The summed E-state index contributed by atoms with van der Waals surface area (Å²) in [7, 11) is 0. The summed E-state index contributed by atoms with van der Waals surface area (Å²) in [5.41, 5.74) is 15.7. The predicted octanol–water partition coefficient (Wildman–Crippen LogP) is -1.26. The van der Waals surface area contributed by atoms with E-state index in [1.165, 1.54) is 4.68 Å². The Kier molecular flexibility index (Phi) is 22.5. The average Bonchev–Trinajstić information content (AvgIpc) is 4.13. The van der Waals surface area contributed by atoms with Crippen LogP contribution >= 0.6 is 0 Å². The van der Waals surface area contributed by atoms with E-state index in [1.807, 2.05) is 9.80 Å². The van der Waals surface area contributed by atoms with Crippen LogP contribution in [0.25, 0.3) is 0 Å². The Morgan fingerprint density at radius 1 is 0.675 bits per heavy atom. The average molecular weight is 1090 g/mol. The molecule has 2 amide bonds. The summed E-state index contributed by atoms with van der Waals surface area (Å²) >= 11 is 0. The Morgan fingerprint density at radius 2 is 1.16 bits per heavy atom. The number of phenols is 2. The van der Waals surface area contributed by atoms with Gasteiger partial charge in [-0.3, -0.25) is 14.4 Å². The highest BCUT2D eigenvalue weighted by Gasteiger charge is 2.34. The molecule has 5 aromatic rings. The van der Waals surface area contributed by atoms with Crippen molar-refractivity contribution in [2.45, 2.75) is 70.1 Å². The number of nitrogens with zero attached hydrogens (tertiary/aromatic N) is 13. The Bertz CT molecular complexity index is 2670. The van der Waals surface area contributed by atoms with Gasteiger partial charge in [0, 0.05) is 71.7 Å². The van der Waals surface area contributed by atoms with E-state index in [4.69, 9.17) is 47.1 Å². The first-order chi connectivity index (χ1) is 36.7. The van der Waals surface area contributed by atoms with E-state index in [0.717, 1.165) is 11.1 Å². The van der Waals surface area contributed by atoms with Gasteiger partial charge in [-0.2, -0.15) is 15.0 Å². The van der Waals surface area contributed by atoms with Gasteiger partial charge in [0.05, 0.1) is 68.9 Å². The first-order valence-electron chi connectivity index (χ1n) is 25.6. The normalized spacial score (nSPS) is 15.4. The molecule has 416 valence electrons. The van der Waals surface area contributed by atoms with Crippen LogP contribution in [0, 0.1) is 18.3 Å². The van der Waals surface area contributed by atoms with E-state index in [-0.39, 0.29) is 74.3 Å². The van der Waals surface area contributed by atoms with E-state index in [9.17, 15) is 29.7 Å². The molecule has 26 heteroatoms. The zero-order chi connectivity index (χ0) is 54.0. The lowest BCUT2D eigenvalue weighted by molar-refractivity contribution is -0.139. The summed E-state index contributed by atoms with van der Waals surface area (Å²) in [6.07, 6.45) is 9.70. The highest BCUT2D eigenvalue weighted by molar-refractivity contribution is 5.82. The van der Waals surface area contributed by atoms with Crippen LogP contribution in [-0.4, -0.2) is 186 Å². The van der Waals surface area contributed by atoms with Crippen molar-refractivity contribution in [2.75, 3.05) is 114 Å². The number of carboxylic acids is 1. The fourth-order valence-corrected chi connectivity index (χ4v) is 8.82. The molecule has 0 bridgehead atoms. The van der Waals surface area contributed by atoms with Crippen molar-refractivity contribution in [2.24, 2.45) is 17.4 Å².